The second kappa shape index (κ2) is 6.91. The lowest BCUT2D eigenvalue weighted by Crippen LogP contribution is -2.39. The fourth-order valence-corrected chi connectivity index (χ4v) is 1.71. The van der Waals surface area contributed by atoms with Crippen molar-refractivity contribution in [3.8, 4) is 0 Å². The van der Waals surface area contributed by atoms with Crippen LogP contribution < -0.4 is 5.32 Å². The molecule has 1 aromatic carbocycles. The molecule has 1 atom stereocenters. The summed E-state index contributed by atoms with van der Waals surface area (Å²) in [5.41, 5.74) is 0.252. The Morgan fingerprint density at radius 2 is 1.74 bits per heavy atom. The second-order valence-corrected chi connectivity index (χ2v) is 4.91. The van der Waals surface area contributed by atoms with Gasteiger partial charge in [-0.25, -0.2) is 0 Å². The van der Waals surface area contributed by atoms with Crippen molar-refractivity contribution < 1.29 is 13.2 Å². The van der Waals surface area contributed by atoms with Crippen molar-refractivity contribution in [2.24, 2.45) is 0 Å². The Morgan fingerprint density at radius 3 is 2.21 bits per heavy atom. The van der Waals surface area contributed by atoms with Crippen molar-refractivity contribution in [3.05, 3.63) is 35.9 Å². The van der Waals surface area contributed by atoms with Crippen LogP contribution in [0, 0.1) is 0 Å². The number of likely N-dealkylation sites (N-methyl/N-ethyl adjacent to an activating group) is 1. The Kier molecular flexibility index (Phi) is 5.82. The van der Waals surface area contributed by atoms with E-state index in [9.17, 15) is 13.2 Å². The van der Waals surface area contributed by atoms with E-state index < -0.39 is 12.2 Å². The van der Waals surface area contributed by atoms with E-state index >= 15 is 0 Å². The van der Waals surface area contributed by atoms with Gasteiger partial charge in [0.05, 0.1) is 0 Å². The molecular formula is C14H21F3N2. The lowest BCUT2D eigenvalue weighted by molar-refractivity contribution is -0.157. The van der Waals surface area contributed by atoms with E-state index in [1.807, 2.05) is 25.8 Å². The predicted molar refractivity (Wildman–Crippen MR) is 71.0 cm³/mol. The Balaban J connectivity index is 2.63. The minimum atomic E-state index is -4.28. The molecule has 108 valence electrons. The average Bonchev–Trinajstić information content (AvgIpc) is 2.33. The highest BCUT2D eigenvalue weighted by atomic mass is 19.4. The number of hydrogen-bond donors (Lipinski definition) is 1. The maximum atomic E-state index is 13.0. The van der Waals surface area contributed by atoms with Crippen molar-refractivity contribution in [1.29, 1.82) is 0 Å². The Morgan fingerprint density at radius 1 is 1.16 bits per heavy atom. The van der Waals surface area contributed by atoms with Crippen LogP contribution in [-0.4, -0.2) is 37.3 Å². The van der Waals surface area contributed by atoms with Crippen LogP contribution in [0.2, 0.25) is 0 Å². The largest absolute Gasteiger partial charge is 0.407 e. The molecule has 5 heteroatoms. The summed E-state index contributed by atoms with van der Waals surface area (Å²) in [6.07, 6.45) is -4.28. The molecule has 0 heterocycles. The topological polar surface area (TPSA) is 15.3 Å². The van der Waals surface area contributed by atoms with Gasteiger partial charge in [0, 0.05) is 19.1 Å². The molecule has 1 N–H and O–H groups in total. The molecule has 0 saturated heterocycles. The van der Waals surface area contributed by atoms with E-state index in [2.05, 4.69) is 5.32 Å². The standard InChI is InChI=1S/C14H21F3N2/c1-11(2)19(3)10-9-18-13(14(15,16)17)12-7-5-4-6-8-12/h4-8,11,13,18H,9-10H2,1-3H3. The first kappa shape index (κ1) is 16.0. The highest BCUT2D eigenvalue weighted by Crippen LogP contribution is 2.32. The first-order valence-electron chi connectivity index (χ1n) is 6.37. The number of benzene rings is 1. The van der Waals surface area contributed by atoms with E-state index in [1.54, 1.807) is 18.2 Å². The molecule has 1 aromatic rings. The smallest absolute Gasteiger partial charge is 0.303 e. The highest BCUT2D eigenvalue weighted by Gasteiger charge is 2.40. The van der Waals surface area contributed by atoms with E-state index in [4.69, 9.17) is 0 Å². The molecule has 0 bridgehead atoms. The first-order chi connectivity index (χ1) is 8.82. The van der Waals surface area contributed by atoms with Gasteiger partial charge in [0.15, 0.2) is 0 Å². The number of nitrogens with one attached hydrogen (secondary N) is 1. The van der Waals surface area contributed by atoms with Gasteiger partial charge < -0.3 is 10.2 Å². The zero-order chi connectivity index (χ0) is 14.5. The van der Waals surface area contributed by atoms with Gasteiger partial charge in [0.2, 0.25) is 0 Å². The second-order valence-electron chi connectivity index (χ2n) is 4.91. The van der Waals surface area contributed by atoms with Gasteiger partial charge in [-0.15, -0.1) is 0 Å². The molecule has 0 aliphatic heterocycles. The fourth-order valence-electron chi connectivity index (χ4n) is 1.71. The molecule has 1 unspecified atom stereocenters. The molecule has 0 aliphatic rings. The van der Waals surface area contributed by atoms with Crippen molar-refractivity contribution in [3.63, 3.8) is 0 Å². The molecule has 0 saturated carbocycles. The van der Waals surface area contributed by atoms with Gasteiger partial charge in [-0.1, -0.05) is 30.3 Å². The van der Waals surface area contributed by atoms with Crippen LogP contribution in [0.25, 0.3) is 0 Å². The quantitative estimate of drug-likeness (QED) is 0.857. The molecule has 0 fully saturated rings. The summed E-state index contributed by atoms with van der Waals surface area (Å²) in [6.45, 7) is 4.90. The van der Waals surface area contributed by atoms with Gasteiger partial charge in [0.25, 0.3) is 0 Å². The van der Waals surface area contributed by atoms with E-state index in [0.717, 1.165) is 0 Å². The zero-order valence-electron chi connectivity index (χ0n) is 11.5. The summed E-state index contributed by atoms with van der Waals surface area (Å²) < 4.78 is 39.0. The Labute approximate surface area is 112 Å². The molecule has 0 amide bonds. The lowest BCUT2D eigenvalue weighted by atomic mass is 10.1. The molecule has 0 spiro atoms. The van der Waals surface area contributed by atoms with Crippen LogP contribution in [0.5, 0.6) is 0 Å². The monoisotopic (exact) mass is 274 g/mol. The zero-order valence-corrected chi connectivity index (χ0v) is 11.5. The van der Waals surface area contributed by atoms with Gasteiger partial charge in [0.1, 0.15) is 6.04 Å². The summed E-state index contributed by atoms with van der Waals surface area (Å²) in [5, 5.41) is 2.60. The SMILES string of the molecule is CC(C)N(C)CCNC(c1ccccc1)C(F)(F)F. The highest BCUT2D eigenvalue weighted by molar-refractivity contribution is 5.20. The van der Waals surface area contributed by atoms with Crippen LogP contribution >= 0.6 is 0 Å². The maximum absolute atomic E-state index is 13.0. The Hall–Kier alpha value is -1.07. The third-order valence-corrected chi connectivity index (χ3v) is 3.15. The lowest BCUT2D eigenvalue weighted by Gasteiger charge is -2.25. The number of rotatable bonds is 6. The maximum Gasteiger partial charge on any atom is 0.407 e. The van der Waals surface area contributed by atoms with Crippen LogP contribution in [0.4, 0.5) is 13.2 Å². The van der Waals surface area contributed by atoms with Crippen LogP contribution in [0.3, 0.4) is 0 Å². The average molecular weight is 274 g/mol. The van der Waals surface area contributed by atoms with Gasteiger partial charge in [-0.05, 0) is 26.5 Å². The van der Waals surface area contributed by atoms with Crippen molar-refractivity contribution in [2.45, 2.75) is 32.1 Å². The number of nitrogens with zero attached hydrogens (tertiary/aromatic N) is 1. The van der Waals surface area contributed by atoms with Gasteiger partial charge in [-0.3, -0.25) is 0 Å². The fraction of sp³-hybridized carbons (Fsp3) is 0.571. The van der Waals surface area contributed by atoms with Crippen molar-refractivity contribution in [2.75, 3.05) is 20.1 Å². The third-order valence-electron chi connectivity index (χ3n) is 3.15. The van der Waals surface area contributed by atoms with E-state index in [0.29, 0.717) is 19.1 Å². The number of halogens is 3. The van der Waals surface area contributed by atoms with Crippen molar-refractivity contribution >= 4 is 0 Å². The van der Waals surface area contributed by atoms with Crippen LogP contribution in [-0.2, 0) is 0 Å². The van der Waals surface area contributed by atoms with Gasteiger partial charge in [-0.2, -0.15) is 13.2 Å². The molecular weight excluding hydrogens is 253 g/mol. The first-order valence-corrected chi connectivity index (χ1v) is 6.37. The minimum Gasteiger partial charge on any atom is -0.303 e. The van der Waals surface area contributed by atoms with Crippen LogP contribution in [0.1, 0.15) is 25.5 Å². The molecule has 0 aromatic heterocycles. The van der Waals surface area contributed by atoms with Gasteiger partial charge >= 0.3 is 6.18 Å². The minimum absolute atomic E-state index is 0.252. The molecule has 1 rings (SSSR count). The van der Waals surface area contributed by atoms with Crippen molar-refractivity contribution in [1.82, 2.24) is 10.2 Å². The normalized spacial score (nSPS) is 14.1. The number of alkyl halides is 3. The Bertz CT molecular complexity index is 363. The summed E-state index contributed by atoms with van der Waals surface area (Å²) in [7, 11) is 1.90. The number of hydrogen-bond acceptors (Lipinski definition) is 2. The van der Waals surface area contributed by atoms with E-state index in [1.165, 1.54) is 12.1 Å². The summed E-state index contributed by atoms with van der Waals surface area (Å²) in [6, 6.07) is 6.67. The molecule has 2 nitrogen and oxygen atoms in total. The third kappa shape index (κ3) is 5.20. The summed E-state index contributed by atoms with van der Waals surface area (Å²) in [5.74, 6) is 0. The predicted octanol–water partition coefficient (Wildman–Crippen LogP) is 3.22. The molecule has 0 aliphatic carbocycles. The molecule has 0 radical (unpaired) electrons. The summed E-state index contributed by atoms with van der Waals surface area (Å²) in [4.78, 5) is 2.01. The molecule has 19 heavy (non-hydrogen) atoms. The summed E-state index contributed by atoms with van der Waals surface area (Å²) >= 11 is 0. The van der Waals surface area contributed by atoms with Crippen LogP contribution in [0.15, 0.2) is 30.3 Å². The van der Waals surface area contributed by atoms with E-state index in [-0.39, 0.29) is 5.56 Å².